The highest BCUT2D eigenvalue weighted by molar-refractivity contribution is 14.0. The highest BCUT2D eigenvalue weighted by atomic mass is 127. The minimum absolute atomic E-state index is 0. The maximum absolute atomic E-state index is 13.5. The average Bonchev–Trinajstić information content (AvgIpc) is 2.57. The quantitative estimate of drug-likeness (QED) is 0.390. The second-order valence-electron chi connectivity index (χ2n) is 5.33. The van der Waals surface area contributed by atoms with E-state index in [2.05, 4.69) is 20.5 Å². The number of nitrogens with one attached hydrogen (secondary N) is 2. The molecule has 0 aromatic heterocycles. The number of hydrogen-bond donors (Lipinski definition) is 2. The average molecular weight is 454 g/mol. The summed E-state index contributed by atoms with van der Waals surface area (Å²) in [6, 6.07) is 3.91. The fourth-order valence-corrected chi connectivity index (χ4v) is 2.45. The van der Waals surface area contributed by atoms with Crippen molar-refractivity contribution >= 4 is 29.9 Å². The Bertz CT molecular complexity index is 505. The van der Waals surface area contributed by atoms with Crippen LogP contribution in [0, 0.1) is 11.6 Å². The van der Waals surface area contributed by atoms with Crippen molar-refractivity contribution in [2.45, 2.75) is 6.42 Å². The fourth-order valence-electron chi connectivity index (χ4n) is 2.45. The first kappa shape index (κ1) is 21.0. The molecule has 5 nitrogen and oxygen atoms in total. The van der Waals surface area contributed by atoms with Crippen molar-refractivity contribution in [2.24, 2.45) is 4.99 Å². The van der Waals surface area contributed by atoms with Crippen LogP contribution in [0.5, 0.6) is 0 Å². The summed E-state index contributed by atoms with van der Waals surface area (Å²) in [5.74, 6) is -0.390. The van der Waals surface area contributed by atoms with Gasteiger partial charge >= 0.3 is 0 Å². The first-order valence-corrected chi connectivity index (χ1v) is 7.88. The molecule has 1 saturated heterocycles. The summed E-state index contributed by atoms with van der Waals surface area (Å²) < 4.78 is 32.4. The molecule has 0 radical (unpaired) electrons. The van der Waals surface area contributed by atoms with E-state index in [0.717, 1.165) is 39.4 Å². The highest BCUT2D eigenvalue weighted by Gasteiger charge is 2.10. The molecule has 0 amide bonds. The number of morpholine rings is 1. The van der Waals surface area contributed by atoms with Gasteiger partial charge in [-0.05, 0) is 18.6 Å². The Morgan fingerprint density at radius 2 is 1.79 bits per heavy atom. The molecular formula is C16H25F2IN4O. The molecule has 0 saturated carbocycles. The third-order valence-corrected chi connectivity index (χ3v) is 3.78. The molecule has 24 heavy (non-hydrogen) atoms. The number of aliphatic imine (C=N–C) groups is 1. The lowest BCUT2D eigenvalue weighted by Crippen LogP contribution is -2.44. The maximum Gasteiger partial charge on any atom is 0.191 e. The van der Waals surface area contributed by atoms with Gasteiger partial charge in [-0.25, -0.2) is 8.78 Å². The van der Waals surface area contributed by atoms with Gasteiger partial charge in [-0.3, -0.25) is 9.89 Å². The van der Waals surface area contributed by atoms with Crippen molar-refractivity contribution < 1.29 is 13.5 Å². The van der Waals surface area contributed by atoms with Crippen LogP contribution >= 0.6 is 24.0 Å². The van der Waals surface area contributed by atoms with Crippen molar-refractivity contribution in [3.63, 3.8) is 0 Å². The number of rotatable bonds is 6. The molecule has 1 aliphatic rings. The molecule has 1 aromatic carbocycles. The van der Waals surface area contributed by atoms with Crippen LogP contribution in [0.1, 0.15) is 5.56 Å². The first-order chi connectivity index (χ1) is 11.2. The molecule has 1 heterocycles. The predicted octanol–water partition coefficient (Wildman–Crippen LogP) is 1.62. The van der Waals surface area contributed by atoms with E-state index in [1.807, 2.05) is 0 Å². The van der Waals surface area contributed by atoms with Gasteiger partial charge in [-0.1, -0.05) is 6.07 Å². The minimum Gasteiger partial charge on any atom is -0.379 e. The predicted molar refractivity (Wildman–Crippen MR) is 102 cm³/mol. The summed E-state index contributed by atoms with van der Waals surface area (Å²) in [5, 5.41) is 6.27. The molecule has 0 bridgehead atoms. The third kappa shape index (κ3) is 6.86. The Labute approximate surface area is 158 Å². The van der Waals surface area contributed by atoms with Gasteiger partial charge < -0.3 is 15.4 Å². The molecule has 0 atom stereocenters. The van der Waals surface area contributed by atoms with Crippen molar-refractivity contribution in [2.75, 3.05) is 53.0 Å². The zero-order chi connectivity index (χ0) is 16.5. The molecular weight excluding hydrogens is 429 g/mol. The van der Waals surface area contributed by atoms with Gasteiger partial charge in [0, 0.05) is 45.3 Å². The molecule has 0 aliphatic carbocycles. The van der Waals surface area contributed by atoms with Crippen LogP contribution in [0.2, 0.25) is 0 Å². The summed E-state index contributed by atoms with van der Waals surface area (Å²) in [5.41, 5.74) is 0.101. The molecule has 136 valence electrons. The standard InChI is InChI=1S/C16H24F2N4O.HI/c1-19-16(21-7-8-22-9-11-23-12-10-22)20-6-5-13-14(17)3-2-4-15(13)18;/h2-4H,5-12H2,1H3,(H2,19,20,21);1H. The lowest BCUT2D eigenvalue weighted by Gasteiger charge is -2.26. The SMILES string of the molecule is CN=C(NCCc1c(F)cccc1F)NCCN1CCOCC1.I. The smallest absolute Gasteiger partial charge is 0.191 e. The zero-order valence-electron chi connectivity index (χ0n) is 13.9. The zero-order valence-corrected chi connectivity index (χ0v) is 16.2. The van der Waals surface area contributed by atoms with Gasteiger partial charge in [0.2, 0.25) is 0 Å². The molecule has 0 spiro atoms. The molecule has 1 fully saturated rings. The minimum atomic E-state index is -0.512. The van der Waals surface area contributed by atoms with E-state index in [1.165, 1.54) is 18.2 Å². The van der Waals surface area contributed by atoms with Crippen molar-refractivity contribution in [1.29, 1.82) is 0 Å². The van der Waals surface area contributed by atoms with Crippen molar-refractivity contribution in [3.05, 3.63) is 35.4 Å². The van der Waals surface area contributed by atoms with E-state index in [-0.39, 0.29) is 36.0 Å². The van der Waals surface area contributed by atoms with Gasteiger partial charge in [0.25, 0.3) is 0 Å². The van der Waals surface area contributed by atoms with Crippen LogP contribution in [0.3, 0.4) is 0 Å². The lowest BCUT2D eigenvalue weighted by atomic mass is 10.1. The number of guanidine groups is 1. The summed E-state index contributed by atoms with van der Waals surface area (Å²) in [4.78, 5) is 6.43. The van der Waals surface area contributed by atoms with Gasteiger partial charge in [-0.15, -0.1) is 24.0 Å². The van der Waals surface area contributed by atoms with E-state index in [0.29, 0.717) is 12.5 Å². The summed E-state index contributed by atoms with van der Waals surface area (Å²) in [7, 11) is 1.67. The van der Waals surface area contributed by atoms with E-state index in [9.17, 15) is 8.78 Å². The van der Waals surface area contributed by atoms with Gasteiger partial charge in [-0.2, -0.15) is 0 Å². The van der Waals surface area contributed by atoms with E-state index in [4.69, 9.17) is 4.74 Å². The van der Waals surface area contributed by atoms with Gasteiger partial charge in [0.1, 0.15) is 11.6 Å². The molecule has 8 heteroatoms. The largest absolute Gasteiger partial charge is 0.379 e. The number of halogens is 3. The number of benzene rings is 1. The van der Waals surface area contributed by atoms with Crippen LogP contribution in [0.15, 0.2) is 23.2 Å². The third-order valence-electron chi connectivity index (χ3n) is 3.78. The number of ether oxygens (including phenoxy) is 1. The number of nitrogens with zero attached hydrogens (tertiary/aromatic N) is 2. The Morgan fingerprint density at radius 3 is 2.42 bits per heavy atom. The van der Waals surface area contributed by atoms with E-state index in [1.54, 1.807) is 7.05 Å². The van der Waals surface area contributed by atoms with Crippen LogP contribution in [0.25, 0.3) is 0 Å². The summed E-state index contributed by atoms with van der Waals surface area (Å²) >= 11 is 0. The Kier molecular flexibility index (Phi) is 10.1. The van der Waals surface area contributed by atoms with Crippen LogP contribution in [0.4, 0.5) is 8.78 Å². The Hall–Kier alpha value is -1.00. The topological polar surface area (TPSA) is 48.9 Å². The van der Waals surface area contributed by atoms with Gasteiger partial charge in [0.15, 0.2) is 5.96 Å². The van der Waals surface area contributed by atoms with Gasteiger partial charge in [0.05, 0.1) is 13.2 Å². The Morgan fingerprint density at radius 1 is 1.17 bits per heavy atom. The van der Waals surface area contributed by atoms with Crippen molar-refractivity contribution in [3.8, 4) is 0 Å². The molecule has 1 aliphatic heterocycles. The summed E-state index contributed by atoms with van der Waals surface area (Å²) in [6.07, 6.45) is 0.267. The second kappa shape index (κ2) is 11.5. The number of hydrogen-bond acceptors (Lipinski definition) is 3. The van der Waals surface area contributed by atoms with Crippen LogP contribution < -0.4 is 10.6 Å². The molecule has 0 unspecified atom stereocenters. The van der Waals surface area contributed by atoms with Crippen LogP contribution in [-0.4, -0.2) is 63.8 Å². The summed E-state index contributed by atoms with van der Waals surface area (Å²) in [6.45, 7) is 5.53. The fraction of sp³-hybridized carbons (Fsp3) is 0.562. The Balaban J connectivity index is 0.00000288. The molecule has 1 aromatic rings. The maximum atomic E-state index is 13.5. The van der Waals surface area contributed by atoms with E-state index >= 15 is 0 Å². The first-order valence-electron chi connectivity index (χ1n) is 7.88. The second-order valence-corrected chi connectivity index (χ2v) is 5.33. The molecule has 2 N–H and O–H groups in total. The monoisotopic (exact) mass is 454 g/mol. The highest BCUT2D eigenvalue weighted by Crippen LogP contribution is 2.11. The molecule has 2 rings (SSSR count). The van der Waals surface area contributed by atoms with Crippen molar-refractivity contribution in [1.82, 2.24) is 15.5 Å². The van der Waals surface area contributed by atoms with Crippen LogP contribution in [-0.2, 0) is 11.2 Å². The lowest BCUT2D eigenvalue weighted by molar-refractivity contribution is 0.0389. The van der Waals surface area contributed by atoms with E-state index < -0.39 is 11.6 Å². The normalized spacial score (nSPS) is 15.7.